The number of nitrogens with one attached hydrogen (secondary N) is 1. The number of carboxylic acids is 1. The van der Waals surface area contributed by atoms with E-state index in [-0.39, 0.29) is 11.3 Å². The number of benzene rings is 2. The Morgan fingerprint density at radius 1 is 1.19 bits per heavy atom. The molecule has 196 valence electrons. The van der Waals surface area contributed by atoms with Gasteiger partial charge in [0.25, 0.3) is 0 Å². The minimum atomic E-state index is -1.08. The first-order chi connectivity index (χ1) is 16.7. The van der Waals surface area contributed by atoms with E-state index in [0.29, 0.717) is 18.8 Å². The summed E-state index contributed by atoms with van der Waals surface area (Å²) in [6.45, 7) is 14.5. The molecule has 36 heavy (non-hydrogen) atoms. The smallest absolute Gasteiger partial charge is 0.310 e. The average Bonchev–Trinajstić information content (AvgIpc) is 2.87. The van der Waals surface area contributed by atoms with Gasteiger partial charge in [-0.3, -0.25) is 14.5 Å². The van der Waals surface area contributed by atoms with Crippen molar-refractivity contribution < 1.29 is 14.7 Å². The van der Waals surface area contributed by atoms with Crippen LogP contribution in [0.25, 0.3) is 0 Å². The lowest BCUT2D eigenvalue weighted by Crippen LogP contribution is -2.35. The third kappa shape index (κ3) is 5.51. The van der Waals surface area contributed by atoms with Gasteiger partial charge in [-0.15, -0.1) is 0 Å². The molecule has 0 spiro atoms. The molecule has 7 nitrogen and oxygen atoms in total. The Hall–Kier alpha value is -3.06. The van der Waals surface area contributed by atoms with Crippen molar-refractivity contribution >= 4 is 23.3 Å². The predicted octanol–water partition coefficient (Wildman–Crippen LogP) is 4.47. The summed E-state index contributed by atoms with van der Waals surface area (Å²) < 4.78 is 0. The number of rotatable bonds is 7. The Balaban J connectivity index is 2.09. The Kier molecular flexibility index (Phi) is 7.75. The number of amides is 1. The van der Waals surface area contributed by atoms with E-state index in [4.69, 9.17) is 5.73 Å². The molecular formula is C29H42N4O3. The zero-order valence-electron chi connectivity index (χ0n) is 23.0. The molecule has 1 atom stereocenters. The highest BCUT2D eigenvalue weighted by Crippen LogP contribution is 2.45. The normalized spacial score (nSPS) is 17.6. The van der Waals surface area contributed by atoms with Crippen molar-refractivity contribution in [2.45, 2.75) is 54.0 Å². The van der Waals surface area contributed by atoms with Gasteiger partial charge in [-0.25, -0.2) is 0 Å². The standard InChI is InChI=1S/C29H42N4O3/c1-18-9-10-20(13-21(18)14-33-15-24(34)32(8)16-28(3,4)17-33)25(29(5,6)27(35)36)22-11-12-23(31-7)26(30)19(22)2/h9-13,25,31H,14-17,30H2,1-8H3,(H,35,36). The average molecular weight is 495 g/mol. The van der Waals surface area contributed by atoms with Crippen molar-refractivity contribution in [3.05, 3.63) is 58.1 Å². The number of carbonyl (C=O) groups excluding carboxylic acids is 1. The summed E-state index contributed by atoms with van der Waals surface area (Å²) in [5, 5.41) is 13.3. The van der Waals surface area contributed by atoms with Gasteiger partial charge in [0.05, 0.1) is 23.3 Å². The molecule has 1 fully saturated rings. The number of carbonyl (C=O) groups is 2. The Bertz CT molecular complexity index is 1160. The summed E-state index contributed by atoms with van der Waals surface area (Å²) in [6, 6.07) is 10.1. The van der Waals surface area contributed by atoms with Crippen molar-refractivity contribution in [3.8, 4) is 0 Å². The predicted molar refractivity (Wildman–Crippen MR) is 146 cm³/mol. The number of nitrogens with two attached hydrogens (primary N) is 1. The maximum absolute atomic E-state index is 12.7. The van der Waals surface area contributed by atoms with Crippen LogP contribution in [0.1, 0.15) is 61.4 Å². The lowest BCUT2D eigenvalue weighted by Gasteiger charge is -2.34. The number of anilines is 2. The summed E-state index contributed by atoms with van der Waals surface area (Å²) in [5.41, 5.74) is 11.7. The molecule has 0 aliphatic carbocycles. The van der Waals surface area contributed by atoms with Crippen molar-refractivity contribution in [1.82, 2.24) is 9.80 Å². The quantitative estimate of drug-likeness (QED) is 0.491. The number of likely N-dealkylation sites (N-methyl/N-ethyl adjacent to an activating group) is 1. The van der Waals surface area contributed by atoms with Crippen LogP contribution in [0.4, 0.5) is 11.4 Å². The molecule has 1 heterocycles. The largest absolute Gasteiger partial charge is 0.481 e. The number of nitrogens with zero attached hydrogens (tertiary/aromatic N) is 2. The third-order valence-corrected chi connectivity index (χ3v) is 7.61. The molecule has 1 amide bonds. The van der Waals surface area contributed by atoms with Gasteiger partial charge >= 0.3 is 5.97 Å². The zero-order valence-corrected chi connectivity index (χ0v) is 23.0. The van der Waals surface area contributed by atoms with Gasteiger partial charge in [0.1, 0.15) is 0 Å². The van der Waals surface area contributed by atoms with Gasteiger partial charge in [-0.2, -0.15) is 0 Å². The molecule has 7 heteroatoms. The SMILES string of the molecule is CNc1ccc(C(c2ccc(C)c(CN3CC(=O)N(C)CC(C)(C)C3)c2)C(C)(C)C(=O)O)c(C)c1N. The van der Waals surface area contributed by atoms with Crippen molar-refractivity contribution in [2.75, 3.05) is 44.8 Å². The summed E-state index contributed by atoms with van der Waals surface area (Å²) in [7, 11) is 3.69. The minimum absolute atomic E-state index is 0.0239. The first-order valence-corrected chi connectivity index (χ1v) is 12.5. The lowest BCUT2D eigenvalue weighted by molar-refractivity contribution is -0.147. The molecule has 4 N–H and O–H groups in total. The molecule has 1 aliphatic heterocycles. The van der Waals surface area contributed by atoms with Crippen molar-refractivity contribution in [3.63, 3.8) is 0 Å². The topological polar surface area (TPSA) is 98.9 Å². The first kappa shape index (κ1) is 27.5. The van der Waals surface area contributed by atoms with E-state index in [2.05, 4.69) is 43.1 Å². The molecule has 1 saturated heterocycles. The van der Waals surface area contributed by atoms with Gasteiger partial charge < -0.3 is 21.1 Å². The van der Waals surface area contributed by atoms with Crippen molar-refractivity contribution in [2.24, 2.45) is 10.8 Å². The highest BCUT2D eigenvalue weighted by atomic mass is 16.4. The number of hydrogen-bond acceptors (Lipinski definition) is 5. The maximum Gasteiger partial charge on any atom is 0.310 e. The zero-order chi connectivity index (χ0) is 27.0. The molecule has 2 aromatic rings. The number of aryl methyl sites for hydroxylation is 1. The molecule has 3 rings (SSSR count). The van der Waals surface area contributed by atoms with Crippen LogP contribution >= 0.6 is 0 Å². The summed E-state index contributed by atoms with van der Waals surface area (Å²) in [4.78, 5) is 29.2. The van der Waals surface area contributed by atoms with Gasteiger partial charge in [-0.1, -0.05) is 38.1 Å². The van der Waals surface area contributed by atoms with Crippen LogP contribution in [0.2, 0.25) is 0 Å². The second-order valence-electron chi connectivity index (χ2n) is 11.7. The van der Waals surface area contributed by atoms with E-state index in [1.807, 2.05) is 44.1 Å². The van der Waals surface area contributed by atoms with E-state index in [9.17, 15) is 14.7 Å². The van der Waals surface area contributed by atoms with Gasteiger partial charge in [0.2, 0.25) is 5.91 Å². The van der Waals surface area contributed by atoms with E-state index in [1.54, 1.807) is 13.8 Å². The Morgan fingerprint density at radius 3 is 2.47 bits per heavy atom. The summed E-state index contributed by atoms with van der Waals surface area (Å²) in [5.74, 6) is -1.15. The second-order valence-corrected chi connectivity index (χ2v) is 11.7. The fourth-order valence-corrected chi connectivity index (χ4v) is 5.53. The number of nitrogen functional groups attached to an aromatic ring is 1. The highest BCUT2D eigenvalue weighted by molar-refractivity contribution is 5.79. The lowest BCUT2D eigenvalue weighted by atomic mass is 9.69. The van der Waals surface area contributed by atoms with Crippen LogP contribution in [0.15, 0.2) is 30.3 Å². The number of aliphatic carboxylic acids is 1. The fourth-order valence-electron chi connectivity index (χ4n) is 5.53. The van der Waals surface area contributed by atoms with Gasteiger partial charge in [0.15, 0.2) is 0 Å². The highest BCUT2D eigenvalue weighted by Gasteiger charge is 2.40. The van der Waals surface area contributed by atoms with Crippen LogP contribution in [0.3, 0.4) is 0 Å². The molecule has 1 aliphatic rings. The molecule has 0 aromatic heterocycles. The Morgan fingerprint density at radius 2 is 1.86 bits per heavy atom. The molecule has 0 saturated carbocycles. The number of carboxylic acid groups (broad SMARTS) is 1. The van der Waals surface area contributed by atoms with E-state index < -0.39 is 17.3 Å². The summed E-state index contributed by atoms with van der Waals surface area (Å²) >= 11 is 0. The molecule has 2 aromatic carbocycles. The van der Waals surface area contributed by atoms with E-state index in [1.165, 1.54) is 0 Å². The summed E-state index contributed by atoms with van der Waals surface area (Å²) in [6.07, 6.45) is 0. The van der Waals surface area contributed by atoms with Crippen LogP contribution < -0.4 is 11.1 Å². The molecule has 0 bridgehead atoms. The molecular weight excluding hydrogens is 452 g/mol. The molecule has 1 unspecified atom stereocenters. The monoisotopic (exact) mass is 494 g/mol. The molecule has 0 radical (unpaired) electrons. The first-order valence-electron chi connectivity index (χ1n) is 12.5. The number of hydrogen-bond donors (Lipinski definition) is 3. The van der Waals surface area contributed by atoms with Crippen LogP contribution in [0, 0.1) is 24.7 Å². The van der Waals surface area contributed by atoms with Crippen LogP contribution in [0.5, 0.6) is 0 Å². The minimum Gasteiger partial charge on any atom is -0.481 e. The van der Waals surface area contributed by atoms with E-state index >= 15 is 0 Å². The van der Waals surface area contributed by atoms with E-state index in [0.717, 1.165) is 46.6 Å². The Labute approximate surface area is 215 Å². The third-order valence-electron chi connectivity index (χ3n) is 7.61. The fraction of sp³-hybridized carbons (Fsp3) is 0.517. The second kappa shape index (κ2) is 10.1. The van der Waals surface area contributed by atoms with Gasteiger partial charge in [0, 0.05) is 39.6 Å². The van der Waals surface area contributed by atoms with Crippen molar-refractivity contribution in [1.29, 1.82) is 0 Å². The van der Waals surface area contributed by atoms with Crippen LogP contribution in [-0.4, -0.2) is 60.5 Å². The van der Waals surface area contributed by atoms with Gasteiger partial charge in [-0.05, 0) is 67.0 Å². The van der Waals surface area contributed by atoms with Crippen LogP contribution in [-0.2, 0) is 16.1 Å². The maximum atomic E-state index is 12.7.